The molecule has 13 heavy (non-hydrogen) atoms. The van der Waals surface area contributed by atoms with Crippen LogP contribution < -0.4 is 0 Å². The number of carboxylic acid groups (broad SMARTS) is 1. The van der Waals surface area contributed by atoms with Crippen LogP contribution in [0.4, 0.5) is 0 Å². The van der Waals surface area contributed by atoms with Crippen LogP contribution >= 0.6 is 11.3 Å². The Morgan fingerprint density at radius 2 is 2.38 bits per heavy atom. The molecular formula is C10H12O2S. The fraction of sp³-hybridized carbons (Fsp3) is 0.500. The van der Waals surface area contributed by atoms with Gasteiger partial charge in [-0.25, -0.2) is 0 Å². The Kier molecular flexibility index (Phi) is 1.91. The maximum Gasteiger partial charge on any atom is 0.312 e. The van der Waals surface area contributed by atoms with Gasteiger partial charge in [-0.3, -0.25) is 4.79 Å². The lowest BCUT2D eigenvalue weighted by atomic mass is 9.98. The molecule has 2 nitrogen and oxygen atoms in total. The first-order valence-corrected chi connectivity index (χ1v) is 5.23. The average molecular weight is 196 g/mol. The second kappa shape index (κ2) is 2.84. The Hall–Kier alpha value is -0.830. The first-order chi connectivity index (χ1) is 6.09. The normalized spacial score (nSPS) is 26.0. The van der Waals surface area contributed by atoms with E-state index in [2.05, 4.69) is 6.07 Å². The molecule has 1 aromatic rings. The van der Waals surface area contributed by atoms with Crippen LogP contribution in [0.15, 0.2) is 6.07 Å². The molecule has 1 aliphatic rings. The van der Waals surface area contributed by atoms with Gasteiger partial charge < -0.3 is 5.11 Å². The summed E-state index contributed by atoms with van der Waals surface area (Å²) in [6.07, 6.45) is 0.927. The number of aliphatic carboxylic acids is 1. The maximum absolute atomic E-state index is 11.0. The van der Waals surface area contributed by atoms with Gasteiger partial charge >= 0.3 is 5.97 Å². The molecule has 0 radical (unpaired) electrons. The zero-order chi connectivity index (χ0) is 9.59. The van der Waals surface area contributed by atoms with E-state index < -0.39 is 5.97 Å². The zero-order valence-electron chi connectivity index (χ0n) is 7.70. The van der Waals surface area contributed by atoms with Crippen molar-refractivity contribution in [3.63, 3.8) is 0 Å². The van der Waals surface area contributed by atoms with Crippen LogP contribution in [0.2, 0.25) is 0 Å². The van der Waals surface area contributed by atoms with Crippen molar-refractivity contribution in [1.29, 1.82) is 0 Å². The lowest BCUT2D eigenvalue weighted by Gasteiger charge is -2.09. The Balaban J connectivity index is 2.44. The number of carboxylic acids is 1. The van der Waals surface area contributed by atoms with Crippen LogP contribution in [0.1, 0.15) is 28.2 Å². The summed E-state index contributed by atoms with van der Waals surface area (Å²) in [6.45, 7) is 4.05. The molecule has 1 N–H and O–H groups in total. The van der Waals surface area contributed by atoms with Crippen molar-refractivity contribution in [1.82, 2.24) is 0 Å². The van der Waals surface area contributed by atoms with Gasteiger partial charge in [0, 0.05) is 9.75 Å². The van der Waals surface area contributed by atoms with Crippen LogP contribution in [-0.2, 0) is 11.2 Å². The molecule has 0 aliphatic heterocycles. The molecule has 0 saturated carbocycles. The number of carbonyl (C=O) groups is 1. The van der Waals surface area contributed by atoms with Crippen molar-refractivity contribution in [2.24, 2.45) is 5.92 Å². The molecule has 70 valence electrons. The van der Waals surface area contributed by atoms with Crippen LogP contribution in [-0.4, -0.2) is 11.1 Å². The summed E-state index contributed by atoms with van der Waals surface area (Å²) in [7, 11) is 0. The predicted molar refractivity (Wildman–Crippen MR) is 52.3 cm³/mol. The van der Waals surface area contributed by atoms with E-state index in [-0.39, 0.29) is 11.8 Å². The van der Waals surface area contributed by atoms with Crippen molar-refractivity contribution in [3.8, 4) is 0 Å². The molecule has 2 rings (SSSR count). The van der Waals surface area contributed by atoms with Crippen LogP contribution in [0.3, 0.4) is 0 Å². The molecule has 0 spiro atoms. The van der Waals surface area contributed by atoms with Crippen molar-refractivity contribution in [3.05, 3.63) is 21.4 Å². The number of hydrogen-bond acceptors (Lipinski definition) is 2. The molecule has 0 bridgehead atoms. The van der Waals surface area contributed by atoms with E-state index in [4.69, 9.17) is 5.11 Å². The van der Waals surface area contributed by atoms with Crippen molar-refractivity contribution in [2.45, 2.75) is 26.2 Å². The summed E-state index contributed by atoms with van der Waals surface area (Å²) in [4.78, 5) is 13.3. The molecule has 2 atom stereocenters. The van der Waals surface area contributed by atoms with Crippen LogP contribution in [0.25, 0.3) is 0 Å². The first-order valence-electron chi connectivity index (χ1n) is 4.41. The topological polar surface area (TPSA) is 37.3 Å². The fourth-order valence-corrected chi connectivity index (χ4v) is 3.37. The summed E-state index contributed by atoms with van der Waals surface area (Å²) in [5.74, 6) is -0.666. The molecular weight excluding hydrogens is 184 g/mol. The van der Waals surface area contributed by atoms with Gasteiger partial charge in [0.05, 0.1) is 5.92 Å². The van der Waals surface area contributed by atoms with Gasteiger partial charge in [0.15, 0.2) is 0 Å². The highest BCUT2D eigenvalue weighted by atomic mass is 32.1. The highest BCUT2D eigenvalue weighted by Gasteiger charge is 2.36. The summed E-state index contributed by atoms with van der Waals surface area (Å²) in [5, 5.41) is 9.05. The molecule has 1 heterocycles. The predicted octanol–water partition coefficient (Wildman–Crippen LogP) is 2.42. The molecule has 0 amide bonds. The van der Waals surface area contributed by atoms with Gasteiger partial charge in [0.1, 0.15) is 0 Å². The fourth-order valence-electron chi connectivity index (χ4n) is 2.09. The minimum Gasteiger partial charge on any atom is -0.481 e. The van der Waals surface area contributed by atoms with Crippen molar-refractivity contribution in [2.75, 3.05) is 0 Å². The smallest absolute Gasteiger partial charge is 0.312 e. The molecule has 0 fully saturated rings. The molecule has 1 aliphatic carbocycles. The van der Waals surface area contributed by atoms with Gasteiger partial charge in [0.25, 0.3) is 0 Å². The summed E-state index contributed by atoms with van der Waals surface area (Å²) in [5.41, 5.74) is 1.25. The third-order valence-corrected chi connectivity index (χ3v) is 3.80. The van der Waals surface area contributed by atoms with E-state index in [1.54, 1.807) is 11.3 Å². The Labute approximate surface area is 81.2 Å². The second-order valence-electron chi connectivity index (χ2n) is 3.74. The van der Waals surface area contributed by atoms with E-state index in [0.717, 1.165) is 11.3 Å². The number of aryl methyl sites for hydroxylation is 1. The van der Waals surface area contributed by atoms with E-state index in [1.807, 2.05) is 13.8 Å². The third kappa shape index (κ3) is 1.27. The van der Waals surface area contributed by atoms with Crippen molar-refractivity contribution >= 4 is 17.3 Å². The van der Waals surface area contributed by atoms with Gasteiger partial charge in [-0.1, -0.05) is 6.92 Å². The quantitative estimate of drug-likeness (QED) is 0.749. The third-order valence-electron chi connectivity index (χ3n) is 2.62. The van der Waals surface area contributed by atoms with E-state index in [1.165, 1.54) is 10.4 Å². The molecule has 3 heteroatoms. The average Bonchev–Trinajstić information content (AvgIpc) is 2.41. The molecule has 0 saturated heterocycles. The standard InChI is InChI=1S/C10H12O2S/c1-5-3-7-4-6(2)13-9(7)8(5)10(11)12/h4-5,8H,3H2,1-2H3,(H,11,12). The number of hydrogen-bond donors (Lipinski definition) is 1. The Morgan fingerprint density at radius 3 is 3.00 bits per heavy atom. The van der Waals surface area contributed by atoms with Crippen molar-refractivity contribution < 1.29 is 9.90 Å². The van der Waals surface area contributed by atoms with Crippen LogP contribution in [0.5, 0.6) is 0 Å². The van der Waals surface area contributed by atoms with Crippen LogP contribution in [0, 0.1) is 12.8 Å². The zero-order valence-corrected chi connectivity index (χ0v) is 8.52. The molecule has 0 aromatic carbocycles. The summed E-state index contributed by atoms with van der Waals surface area (Å²) >= 11 is 1.64. The van der Waals surface area contributed by atoms with Gasteiger partial charge in [-0.15, -0.1) is 11.3 Å². The largest absolute Gasteiger partial charge is 0.481 e. The van der Waals surface area contributed by atoms with E-state index in [9.17, 15) is 4.79 Å². The van der Waals surface area contributed by atoms with Gasteiger partial charge in [-0.05, 0) is 30.9 Å². The lowest BCUT2D eigenvalue weighted by Crippen LogP contribution is -2.14. The van der Waals surface area contributed by atoms with E-state index in [0.29, 0.717) is 0 Å². The number of fused-ring (bicyclic) bond motifs is 1. The minimum atomic E-state index is -0.673. The highest BCUT2D eigenvalue weighted by Crippen LogP contribution is 2.42. The molecule has 2 unspecified atom stereocenters. The summed E-state index contributed by atoms with van der Waals surface area (Å²) < 4.78 is 0. The number of thiophene rings is 1. The van der Waals surface area contributed by atoms with Gasteiger partial charge in [0.2, 0.25) is 0 Å². The number of rotatable bonds is 1. The SMILES string of the molecule is Cc1cc2c(s1)C(C(=O)O)C(C)C2. The Bertz CT molecular complexity index is 354. The highest BCUT2D eigenvalue weighted by molar-refractivity contribution is 7.12. The summed E-state index contributed by atoms with van der Waals surface area (Å²) in [6, 6.07) is 2.12. The molecule has 1 aromatic heterocycles. The Morgan fingerprint density at radius 1 is 1.69 bits per heavy atom. The van der Waals surface area contributed by atoms with Gasteiger partial charge in [-0.2, -0.15) is 0 Å². The monoisotopic (exact) mass is 196 g/mol. The second-order valence-corrected chi connectivity index (χ2v) is 5.03. The maximum atomic E-state index is 11.0. The lowest BCUT2D eigenvalue weighted by molar-refractivity contribution is -0.139. The van der Waals surface area contributed by atoms with E-state index >= 15 is 0 Å². The minimum absolute atomic E-state index is 0.256. The first kappa shape index (κ1) is 8.75.